The van der Waals surface area contributed by atoms with E-state index in [2.05, 4.69) is 38.2 Å². The summed E-state index contributed by atoms with van der Waals surface area (Å²) < 4.78 is 5.06. The number of allylic oxidation sites excluding steroid dienone is 1. The largest absolute Gasteiger partial charge is 0.464 e. The normalized spacial score (nSPS) is 25.8. The van der Waals surface area contributed by atoms with Gasteiger partial charge in [0, 0.05) is 17.4 Å². The Hall–Kier alpha value is -0.970. The van der Waals surface area contributed by atoms with E-state index < -0.39 is 6.04 Å². The smallest absolute Gasteiger partial charge is 0.329 e. The first kappa shape index (κ1) is 19.1. The van der Waals surface area contributed by atoms with Gasteiger partial charge in [-0.05, 0) is 38.5 Å². The molecule has 0 aromatic heterocycles. The van der Waals surface area contributed by atoms with Gasteiger partial charge < -0.3 is 10.1 Å². The lowest BCUT2D eigenvalue weighted by molar-refractivity contribution is -0.146. The van der Waals surface area contributed by atoms with Crippen LogP contribution in [0.2, 0.25) is 0 Å². The summed E-state index contributed by atoms with van der Waals surface area (Å²) in [5.74, 6) is 1.28. The molecule has 0 bridgehead atoms. The minimum atomic E-state index is -0.574. The fourth-order valence-electron chi connectivity index (χ4n) is 2.57. The number of ether oxygens (including phenoxy) is 1. The molecule has 126 valence electrons. The first-order chi connectivity index (χ1) is 10.3. The number of rotatable bonds is 7. The van der Waals surface area contributed by atoms with Crippen LogP contribution in [-0.4, -0.2) is 35.0 Å². The van der Waals surface area contributed by atoms with Crippen LogP contribution in [0.1, 0.15) is 47.5 Å². The highest BCUT2D eigenvalue weighted by molar-refractivity contribution is 8.00. The highest BCUT2D eigenvalue weighted by atomic mass is 32.2. The molecule has 1 aliphatic carbocycles. The maximum Gasteiger partial charge on any atom is 0.329 e. The summed E-state index contributed by atoms with van der Waals surface area (Å²) in [6.07, 6.45) is 6.83. The molecule has 4 nitrogen and oxygen atoms in total. The Bertz CT molecular complexity index is 422. The second-order valence-electron chi connectivity index (χ2n) is 6.43. The third-order valence-corrected chi connectivity index (χ3v) is 5.55. The Labute approximate surface area is 138 Å². The number of thioether (sulfide) groups is 1. The van der Waals surface area contributed by atoms with Crippen LogP contribution in [0.5, 0.6) is 0 Å². The molecule has 2 unspecified atom stereocenters. The number of hydrogen-bond donors (Lipinski definition) is 1. The van der Waals surface area contributed by atoms with Crippen molar-refractivity contribution >= 4 is 23.6 Å². The molecule has 0 fully saturated rings. The highest BCUT2D eigenvalue weighted by Gasteiger charge is 2.31. The van der Waals surface area contributed by atoms with E-state index in [9.17, 15) is 9.59 Å². The van der Waals surface area contributed by atoms with Crippen molar-refractivity contribution in [2.24, 2.45) is 11.8 Å². The first-order valence-corrected chi connectivity index (χ1v) is 9.03. The number of hydrogen-bond acceptors (Lipinski definition) is 4. The fourth-order valence-corrected chi connectivity index (χ4v) is 3.77. The van der Waals surface area contributed by atoms with Gasteiger partial charge in [0.2, 0.25) is 5.91 Å². The summed E-state index contributed by atoms with van der Waals surface area (Å²) in [6.45, 7) is 10.2. The predicted octanol–water partition coefficient (Wildman–Crippen LogP) is 3.17. The van der Waals surface area contributed by atoms with E-state index in [1.165, 1.54) is 13.3 Å². The maximum absolute atomic E-state index is 11.9. The molecule has 0 aromatic rings. The first-order valence-electron chi connectivity index (χ1n) is 8.04. The van der Waals surface area contributed by atoms with Gasteiger partial charge in [0.1, 0.15) is 6.04 Å². The summed E-state index contributed by atoms with van der Waals surface area (Å²) >= 11 is 1.72. The Morgan fingerprint density at radius 2 is 2.14 bits per heavy atom. The van der Waals surface area contributed by atoms with Crippen molar-refractivity contribution in [3.05, 3.63) is 12.2 Å². The van der Waals surface area contributed by atoms with Crippen LogP contribution in [0.4, 0.5) is 0 Å². The lowest BCUT2D eigenvalue weighted by Crippen LogP contribution is -2.43. The molecule has 1 rings (SSSR count). The predicted molar refractivity (Wildman–Crippen MR) is 91.8 cm³/mol. The van der Waals surface area contributed by atoms with Crippen LogP contribution in [-0.2, 0) is 14.3 Å². The molecule has 22 heavy (non-hydrogen) atoms. The molecular weight excluding hydrogens is 298 g/mol. The van der Waals surface area contributed by atoms with Crippen molar-refractivity contribution in [3.8, 4) is 0 Å². The van der Waals surface area contributed by atoms with Gasteiger partial charge in [-0.2, -0.15) is 0 Å². The third kappa shape index (κ3) is 6.03. The molecule has 0 heterocycles. The van der Waals surface area contributed by atoms with Crippen molar-refractivity contribution < 1.29 is 14.3 Å². The van der Waals surface area contributed by atoms with E-state index in [1.807, 2.05) is 0 Å². The van der Waals surface area contributed by atoms with Crippen molar-refractivity contribution in [2.75, 3.05) is 12.4 Å². The van der Waals surface area contributed by atoms with Gasteiger partial charge >= 0.3 is 5.97 Å². The van der Waals surface area contributed by atoms with E-state index >= 15 is 0 Å². The van der Waals surface area contributed by atoms with Crippen LogP contribution in [0, 0.1) is 11.8 Å². The van der Waals surface area contributed by atoms with E-state index in [0.29, 0.717) is 24.2 Å². The number of amides is 1. The Balaban J connectivity index is 2.62. The number of nitrogens with one attached hydrogen (secondary N) is 1. The Kier molecular flexibility index (Phi) is 7.46. The zero-order valence-electron chi connectivity index (χ0n) is 14.3. The molecule has 0 aliphatic heterocycles. The second kappa shape index (κ2) is 8.61. The second-order valence-corrected chi connectivity index (χ2v) is 7.99. The summed E-state index contributed by atoms with van der Waals surface area (Å²) in [6, 6.07) is -0.574. The minimum absolute atomic E-state index is 0.0224. The molecule has 0 aromatic carbocycles. The lowest BCUT2D eigenvalue weighted by atomic mass is 9.83. The topological polar surface area (TPSA) is 55.4 Å². The van der Waals surface area contributed by atoms with Crippen LogP contribution >= 0.6 is 11.8 Å². The van der Waals surface area contributed by atoms with Gasteiger partial charge in [0.15, 0.2) is 0 Å². The Morgan fingerprint density at radius 1 is 1.45 bits per heavy atom. The SMILES string of the molecule is CCOC(=O)[C@H](CSC1(C)C=CC(C(C)C)CC1)NC(C)=O. The lowest BCUT2D eigenvalue weighted by Gasteiger charge is -2.34. The van der Waals surface area contributed by atoms with Crippen LogP contribution in [0.15, 0.2) is 12.2 Å². The quantitative estimate of drug-likeness (QED) is 0.576. The fraction of sp³-hybridized carbons (Fsp3) is 0.765. The molecule has 5 heteroatoms. The van der Waals surface area contributed by atoms with Gasteiger partial charge in [-0.15, -0.1) is 11.8 Å². The van der Waals surface area contributed by atoms with E-state index in [0.717, 1.165) is 6.42 Å². The molecule has 0 spiro atoms. The Morgan fingerprint density at radius 3 is 2.59 bits per heavy atom. The van der Waals surface area contributed by atoms with Crippen LogP contribution < -0.4 is 5.32 Å². The maximum atomic E-state index is 11.9. The molecule has 3 atom stereocenters. The molecule has 1 amide bonds. The van der Waals surface area contributed by atoms with Gasteiger partial charge in [0.05, 0.1) is 6.61 Å². The average Bonchev–Trinajstić information content (AvgIpc) is 2.43. The van der Waals surface area contributed by atoms with Gasteiger partial charge in [-0.25, -0.2) is 4.79 Å². The van der Waals surface area contributed by atoms with Crippen LogP contribution in [0.3, 0.4) is 0 Å². The summed E-state index contributed by atoms with van der Waals surface area (Å²) in [4.78, 5) is 23.2. The molecule has 1 N–H and O–H groups in total. The molecule has 1 aliphatic rings. The number of carbonyl (C=O) groups excluding carboxylic acids is 2. The van der Waals surface area contributed by atoms with Crippen molar-refractivity contribution in [1.82, 2.24) is 5.32 Å². The van der Waals surface area contributed by atoms with Gasteiger partial charge in [0.25, 0.3) is 0 Å². The van der Waals surface area contributed by atoms with Crippen LogP contribution in [0.25, 0.3) is 0 Å². The monoisotopic (exact) mass is 327 g/mol. The van der Waals surface area contributed by atoms with E-state index in [1.54, 1.807) is 18.7 Å². The number of carbonyl (C=O) groups is 2. The van der Waals surface area contributed by atoms with Crippen molar-refractivity contribution in [2.45, 2.75) is 58.2 Å². The zero-order valence-corrected chi connectivity index (χ0v) is 15.2. The number of esters is 1. The molecule has 0 saturated carbocycles. The average molecular weight is 327 g/mol. The molecule has 0 saturated heterocycles. The van der Waals surface area contributed by atoms with Gasteiger partial charge in [-0.3, -0.25) is 4.79 Å². The molecule has 0 radical (unpaired) electrons. The van der Waals surface area contributed by atoms with Gasteiger partial charge in [-0.1, -0.05) is 26.0 Å². The van der Waals surface area contributed by atoms with Crippen molar-refractivity contribution in [3.63, 3.8) is 0 Å². The summed E-state index contributed by atoms with van der Waals surface area (Å²) in [5.41, 5.74) is 0. The molecular formula is C17H29NO3S. The van der Waals surface area contributed by atoms with E-state index in [-0.39, 0.29) is 16.6 Å². The highest BCUT2D eigenvalue weighted by Crippen LogP contribution is 2.39. The standard InChI is InChI=1S/C17H29NO3S/c1-6-21-16(20)15(18-13(4)19)11-22-17(5)9-7-14(8-10-17)12(2)3/h7,9,12,14-15H,6,8,10-11H2,1-5H3,(H,18,19)/t14?,15-,17?/m0/s1. The van der Waals surface area contributed by atoms with E-state index in [4.69, 9.17) is 4.74 Å². The summed E-state index contributed by atoms with van der Waals surface area (Å²) in [7, 11) is 0. The van der Waals surface area contributed by atoms with Crippen molar-refractivity contribution in [1.29, 1.82) is 0 Å². The minimum Gasteiger partial charge on any atom is -0.464 e. The third-order valence-electron chi connectivity index (χ3n) is 4.05. The summed E-state index contributed by atoms with van der Waals surface area (Å²) in [5, 5.41) is 2.69. The zero-order chi connectivity index (χ0) is 16.8.